The number of unbranched alkanes of at least 4 members (excludes halogenated alkanes) is 18. The lowest BCUT2D eigenvalue weighted by molar-refractivity contribution is -0.145. The molecule has 0 radical (unpaired) electrons. The number of carbonyl (C=O) groups excluding carboxylic acids is 2. The van der Waals surface area contributed by atoms with Crippen LogP contribution < -0.4 is 0 Å². The van der Waals surface area contributed by atoms with Crippen molar-refractivity contribution in [2.45, 2.75) is 303 Å². The fourth-order valence-electron chi connectivity index (χ4n) is 11.2. The molecule has 12 heteroatoms. The normalized spacial score (nSPS) is 12.4. The average molecular weight is 1070 g/mol. The first-order valence-corrected chi connectivity index (χ1v) is 39.7. The number of hydrogen-bond acceptors (Lipinski definition) is 9. The van der Waals surface area contributed by atoms with Gasteiger partial charge in [0.2, 0.25) is 0 Å². The molecule has 0 aromatic carbocycles. The summed E-state index contributed by atoms with van der Waals surface area (Å²) in [6.07, 6.45) is 36.5. The minimum Gasteiger partial charge on any atom is -0.463 e. The molecule has 0 spiro atoms. The van der Waals surface area contributed by atoms with Crippen molar-refractivity contribution in [1.29, 1.82) is 0 Å². The quantitative estimate of drug-likeness (QED) is 0.0335. The Morgan fingerprint density at radius 2 is 0.639 bits per heavy atom. The van der Waals surface area contributed by atoms with Crippen LogP contribution in [0.2, 0.25) is 60.9 Å². The van der Waals surface area contributed by atoms with Gasteiger partial charge in [0.15, 0.2) is 0 Å². The minimum atomic E-state index is -2.28. The molecule has 0 fully saturated rings. The van der Waals surface area contributed by atoms with Gasteiger partial charge in [0.25, 0.3) is 0 Å². The lowest BCUT2D eigenvalue weighted by Gasteiger charge is -2.33. The summed E-state index contributed by atoms with van der Waals surface area (Å²) in [5.41, 5.74) is 0. The van der Waals surface area contributed by atoms with Gasteiger partial charge in [0, 0.05) is 39.5 Å². The van der Waals surface area contributed by atoms with Crippen LogP contribution in [0.1, 0.15) is 242 Å². The highest BCUT2D eigenvalue weighted by Crippen LogP contribution is 2.36. The van der Waals surface area contributed by atoms with Gasteiger partial charge in [0.05, 0.1) is 42.2 Å². The van der Waals surface area contributed by atoms with Gasteiger partial charge >= 0.3 is 20.5 Å². The van der Waals surface area contributed by atoms with E-state index in [-0.39, 0.29) is 38.0 Å². The molecule has 430 valence electrons. The molecule has 0 aliphatic heterocycles. The van der Waals surface area contributed by atoms with Gasteiger partial charge < -0.3 is 32.7 Å². The van der Waals surface area contributed by atoms with Crippen molar-refractivity contribution >= 4 is 36.6 Å². The van der Waals surface area contributed by atoms with E-state index >= 15 is 0 Å². The highest BCUT2D eigenvalue weighted by atomic mass is 28.4. The summed E-state index contributed by atoms with van der Waals surface area (Å²) in [5, 5.41) is 0. The topological polar surface area (TPSA) is 92.8 Å². The van der Waals surface area contributed by atoms with Crippen molar-refractivity contribution in [2.75, 3.05) is 72.5 Å². The van der Waals surface area contributed by atoms with Crippen LogP contribution >= 0.6 is 0 Å². The van der Waals surface area contributed by atoms with Crippen LogP contribution in [-0.2, 0) is 37.4 Å². The Kier molecular flexibility index (Phi) is 50.7. The second kappa shape index (κ2) is 51.2. The maximum Gasteiger partial charge on any atom is 0.334 e. The molecule has 0 bridgehead atoms. The zero-order valence-electron chi connectivity index (χ0n) is 49.9. The second-order valence-corrected chi connectivity index (χ2v) is 35.5. The van der Waals surface area contributed by atoms with Crippen LogP contribution in [0.15, 0.2) is 0 Å². The summed E-state index contributed by atoms with van der Waals surface area (Å²) in [4.78, 5) is 28.3. The molecular weight excluding hydrogens is 947 g/mol. The maximum absolute atomic E-state index is 13.0. The van der Waals surface area contributed by atoms with E-state index in [1.807, 2.05) is 13.8 Å². The predicted molar refractivity (Wildman–Crippen MR) is 318 cm³/mol. The van der Waals surface area contributed by atoms with E-state index in [2.05, 4.69) is 53.0 Å². The van der Waals surface area contributed by atoms with Crippen LogP contribution in [0.3, 0.4) is 0 Å². The van der Waals surface area contributed by atoms with E-state index in [4.69, 9.17) is 27.8 Å². The zero-order valence-corrected chi connectivity index (χ0v) is 52.9. The molecule has 0 amide bonds. The maximum atomic E-state index is 13.0. The van der Waals surface area contributed by atoms with Crippen LogP contribution in [0.5, 0.6) is 0 Å². The third-order valence-electron chi connectivity index (χ3n) is 15.6. The molecule has 9 nitrogen and oxygen atoms in total. The molecule has 0 saturated carbocycles. The first kappa shape index (κ1) is 71.4. The highest BCUT2D eigenvalue weighted by Gasteiger charge is 2.33. The molecule has 0 unspecified atom stereocenters. The van der Waals surface area contributed by atoms with Gasteiger partial charge in [-0.05, 0) is 52.2 Å². The first-order valence-electron chi connectivity index (χ1n) is 31.5. The van der Waals surface area contributed by atoms with Gasteiger partial charge in [-0.15, -0.1) is 0 Å². The number of ether oxygens (including phenoxy) is 4. The van der Waals surface area contributed by atoms with E-state index < -0.39 is 24.7 Å². The van der Waals surface area contributed by atoms with E-state index in [0.29, 0.717) is 39.5 Å². The highest BCUT2D eigenvalue weighted by molar-refractivity contribution is 6.80. The molecule has 0 atom stereocenters. The van der Waals surface area contributed by atoms with Gasteiger partial charge in [-0.3, -0.25) is 9.59 Å². The van der Waals surface area contributed by atoms with Gasteiger partial charge in [0.1, 0.15) is 13.2 Å². The number of carbonyl (C=O) groups is 2. The number of rotatable bonds is 58. The lowest BCUT2D eigenvalue weighted by Crippen LogP contribution is -2.40. The first-order chi connectivity index (χ1) is 35.1. The molecule has 0 N–H and O–H groups in total. The third kappa shape index (κ3) is 41.5. The fraction of sp³-hybridized carbons (Fsp3) is 0.967. The SMILES string of the molecule is CCCCCC[Si](CCCCCC)(CCCCCC)CCCOCCOC(=O)CCN(CCC[Si](C)(OCC)OCC)CCC(=O)OCCOCCC[Si](CCCCCC)(CCCCCC)CCCCCC. The van der Waals surface area contributed by atoms with E-state index in [1.165, 1.54) is 202 Å². The smallest absolute Gasteiger partial charge is 0.334 e. The molecule has 72 heavy (non-hydrogen) atoms. The molecule has 0 aromatic heterocycles. The summed E-state index contributed by atoms with van der Waals surface area (Å²) >= 11 is 0. The number of esters is 2. The van der Waals surface area contributed by atoms with Crippen molar-refractivity contribution < 1.29 is 37.4 Å². The van der Waals surface area contributed by atoms with Crippen molar-refractivity contribution in [3.8, 4) is 0 Å². The molecule has 0 rings (SSSR count). The third-order valence-corrected chi connectivity index (χ3v) is 30.0. The Morgan fingerprint density at radius 3 is 0.931 bits per heavy atom. The summed E-state index contributed by atoms with van der Waals surface area (Å²) in [6, 6.07) is 12.6. The Morgan fingerprint density at radius 1 is 0.333 bits per heavy atom. The summed E-state index contributed by atoms with van der Waals surface area (Å²) in [5.74, 6) is -0.429. The van der Waals surface area contributed by atoms with Gasteiger partial charge in [-0.2, -0.15) is 0 Å². The zero-order chi connectivity index (χ0) is 53.1. The average Bonchev–Trinajstić information content (AvgIpc) is 3.37. The number of nitrogens with zero attached hydrogens (tertiary/aromatic N) is 1. The monoisotopic (exact) mass is 1070 g/mol. The Labute approximate surface area is 451 Å². The van der Waals surface area contributed by atoms with E-state index in [1.54, 1.807) is 0 Å². The van der Waals surface area contributed by atoms with Crippen LogP contribution in [0.4, 0.5) is 0 Å². The van der Waals surface area contributed by atoms with E-state index in [9.17, 15) is 9.59 Å². The Bertz CT molecular complexity index is 1040. The van der Waals surface area contributed by atoms with Crippen molar-refractivity contribution in [3.05, 3.63) is 0 Å². The summed E-state index contributed by atoms with van der Waals surface area (Å²) in [6.45, 7) is 26.1. The number of hydrogen-bond donors (Lipinski definition) is 0. The standard InChI is InChI=1S/C60H125NO8Si3/c1-10-18-24-30-51-71(52-31-25-19-11-2,53-32-26-20-12-3)57-37-44-64-46-48-66-59(62)39-42-61(41-36-50-70(9,68-16-7)69-17-8)43-40-60(63)67-49-47-65-45-38-58-72(54-33-27-21-13-4,55-34-28-22-14-5)56-35-29-23-15-6/h10-58H2,1-9H3. The second-order valence-electron chi connectivity index (χ2n) is 22.2. The predicted octanol–water partition coefficient (Wildman–Crippen LogP) is 17.9. The van der Waals surface area contributed by atoms with E-state index in [0.717, 1.165) is 45.1 Å². The van der Waals surface area contributed by atoms with Crippen LogP contribution in [0, 0.1) is 0 Å². The van der Waals surface area contributed by atoms with Crippen molar-refractivity contribution in [3.63, 3.8) is 0 Å². The van der Waals surface area contributed by atoms with Gasteiger partial charge in [-0.25, -0.2) is 0 Å². The molecule has 0 heterocycles. The molecular formula is C60H125NO8Si3. The Hall–Kier alpha value is -0.609. The van der Waals surface area contributed by atoms with Crippen LogP contribution in [-0.4, -0.2) is 114 Å². The largest absolute Gasteiger partial charge is 0.463 e. The summed E-state index contributed by atoms with van der Waals surface area (Å²) in [7, 11) is -4.97. The van der Waals surface area contributed by atoms with Crippen molar-refractivity contribution in [1.82, 2.24) is 4.90 Å². The van der Waals surface area contributed by atoms with Crippen LogP contribution in [0.25, 0.3) is 0 Å². The van der Waals surface area contributed by atoms with Gasteiger partial charge in [-0.1, -0.05) is 244 Å². The molecule has 0 saturated heterocycles. The molecule has 0 aromatic rings. The Balaban J connectivity index is 5.18. The lowest BCUT2D eigenvalue weighted by atomic mass is 10.2. The van der Waals surface area contributed by atoms with Crippen molar-refractivity contribution in [2.24, 2.45) is 0 Å². The molecule has 0 aliphatic carbocycles. The molecule has 0 aliphatic rings. The minimum absolute atomic E-state index is 0.215. The summed E-state index contributed by atoms with van der Waals surface area (Å²) < 4.78 is 35.8. The fourth-order valence-corrected chi connectivity index (χ4v) is 24.4.